The Morgan fingerprint density at radius 1 is 1.25 bits per heavy atom. The standard InChI is InChI=1S/C16H29NO3/c1-11(2)10-15-14(4-3-9-20-15)17-16(19)12-5-7-13(18)8-6-12/h11-15,18H,3-10H2,1-2H3,(H,17,19). The maximum absolute atomic E-state index is 12.4. The first-order valence-electron chi connectivity index (χ1n) is 8.16. The Balaban J connectivity index is 1.84. The molecule has 0 aromatic rings. The van der Waals surface area contributed by atoms with E-state index in [0.717, 1.165) is 51.6 Å². The molecule has 1 aliphatic heterocycles. The maximum atomic E-state index is 12.4. The number of amides is 1. The van der Waals surface area contributed by atoms with Crippen LogP contribution in [0.5, 0.6) is 0 Å². The zero-order chi connectivity index (χ0) is 14.5. The molecule has 0 aromatic heterocycles. The van der Waals surface area contributed by atoms with Crippen LogP contribution in [0.15, 0.2) is 0 Å². The van der Waals surface area contributed by atoms with Gasteiger partial charge < -0.3 is 15.2 Å². The van der Waals surface area contributed by atoms with Crippen molar-refractivity contribution in [2.75, 3.05) is 6.61 Å². The smallest absolute Gasteiger partial charge is 0.223 e. The first-order chi connectivity index (χ1) is 9.56. The van der Waals surface area contributed by atoms with Gasteiger partial charge in [-0.05, 0) is 50.9 Å². The molecule has 4 heteroatoms. The third kappa shape index (κ3) is 4.45. The molecule has 2 unspecified atom stereocenters. The van der Waals surface area contributed by atoms with Crippen molar-refractivity contribution in [3.8, 4) is 0 Å². The van der Waals surface area contributed by atoms with E-state index in [1.54, 1.807) is 0 Å². The van der Waals surface area contributed by atoms with Gasteiger partial charge in [-0.2, -0.15) is 0 Å². The molecule has 1 aliphatic carbocycles. The second kappa shape index (κ2) is 7.41. The largest absolute Gasteiger partial charge is 0.393 e. The molecule has 4 nitrogen and oxygen atoms in total. The van der Waals surface area contributed by atoms with Crippen LogP contribution in [-0.2, 0) is 9.53 Å². The summed E-state index contributed by atoms with van der Waals surface area (Å²) in [6, 6.07) is 0.172. The Kier molecular flexibility index (Phi) is 5.85. The van der Waals surface area contributed by atoms with Crippen LogP contribution in [0.2, 0.25) is 0 Å². The summed E-state index contributed by atoms with van der Waals surface area (Å²) in [7, 11) is 0. The summed E-state index contributed by atoms with van der Waals surface area (Å²) >= 11 is 0. The average molecular weight is 283 g/mol. The van der Waals surface area contributed by atoms with E-state index in [4.69, 9.17) is 4.74 Å². The molecule has 116 valence electrons. The number of carbonyl (C=O) groups excluding carboxylic acids is 1. The van der Waals surface area contributed by atoms with Crippen molar-refractivity contribution >= 4 is 5.91 Å². The highest BCUT2D eigenvalue weighted by atomic mass is 16.5. The fraction of sp³-hybridized carbons (Fsp3) is 0.938. The maximum Gasteiger partial charge on any atom is 0.223 e. The van der Waals surface area contributed by atoms with Gasteiger partial charge in [-0.3, -0.25) is 4.79 Å². The number of nitrogens with one attached hydrogen (secondary N) is 1. The molecule has 0 bridgehead atoms. The van der Waals surface area contributed by atoms with E-state index in [0.29, 0.717) is 5.92 Å². The molecular formula is C16H29NO3. The lowest BCUT2D eigenvalue weighted by molar-refractivity contribution is -0.129. The molecule has 2 aliphatic rings. The van der Waals surface area contributed by atoms with E-state index in [1.165, 1.54) is 0 Å². The Morgan fingerprint density at radius 2 is 1.95 bits per heavy atom. The summed E-state index contributed by atoms with van der Waals surface area (Å²) in [6.07, 6.45) is 6.18. The summed E-state index contributed by atoms with van der Waals surface area (Å²) in [5.74, 6) is 0.837. The topological polar surface area (TPSA) is 58.6 Å². The molecule has 1 amide bonds. The minimum atomic E-state index is -0.203. The van der Waals surface area contributed by atoms with Crippen LogP contribution in [0, 0.1) is 11.8 Å². The molecule has 0 spiro atoms. The van der Waals surface area contributed by atoms with Crippen molar-refractivity contribution in [1.29, 1.82) is 0 Å². The van der Waals surface area contributed by atoms with E-state index >= 15 is 0 Å². The number of ether oxygens (including phenoxy) is 1. The van der Waals surface area contributed by atoms with E-state index in [-0.39, 0.29) is 30.1 Å². The van der Waals surface area contributed by atoms with Crippen molar-refractivity contribution in [3.05, 3.63) is 0 Å². The number of hydrogen-bond acceptors (Lipinski definition) is 3. The minimum absolute atomic E-state index is 0.0834. The second-order valence-electron chi connectivity index (χ2n) is 6.80. The average Bonchev–Trinajstić information content (AvgIpc) is 2.41. The van der Waals surface area contributed by atoms with Crippen molar-refractivity contribution in [1.82, 2.24) is 5.32 Å². The van der Waals surface area contributed by atoms with Gasteiger partial charge in [-0.25, -0.2) is 0 Å². The highest BCUT2D eigenvalue weighted by Crippen LogP contribution is 2.26. The molecule has 20 heavy (non-hydrogen) atoms. The second-order valence-corrected chi connectivity index (χ2v) is 6.80. The zero-order valence-electron chi connectivity index (χ0n) is 12.8. The van der Waals surface area contributed by atoms with E-state index < -0.39 is 0 Å². The third-order valence-corrected chi connectivity index (χ3v) is 4.54. The predicted molar refractivity (Wildman–Crippen MR) is 78.3 cm³/mol. The number of aliphatic hydroxyl groups excluding tert-OH is 1. The van der Waals surface area contributed by atoms with Gasteiger partial charge in [0.15, 0.2) is 0 Å². The number of carbonyl (C=O) groups is 1. The van der Waals surface area contributed by atoms with Crippen LogP contribution in [0.25, 0.3) is 0 Å². The number of hydrogen-bond donors (Lipinski definition) is 2. The molecule has 1 saturated carbocycles. The lowest BCUT2D eigenvalue weighted by atomic mass is 9.86. The van der Waals surface area contributed by atoms with E-state index in [2.05, 4.69) is 19.2 Å². The molecule has 2 fully saturated rings. The number of rotatable bonds is 4. The summed E-state index contributed by atoms with van der Waals surface area (Å²) in [5, 5.41) is 12.7. The van der Waals surface area contributed by atoms with Crippen LogP contribution >= 0.6 is 0 Å². The summed E-state index contributed by atoms with van der Waals surface area (Å²) in [4.78, 5) is 12.4. The van der Waals surface area contributed by atoms with Crippen LogP contribution in [-0.4, -0.2) is 35.9 Å². The monoisotopic (exact) mass is 283 g/mol. The van der Waals surface area contributed by atoms with Gasteiger partial charge in [-0.15, -0.1) is 0 Å². The minimum Gasteiger partial charge on any atom is -0.393 e. The first kappa shape index (κ1) is 15.8. The van der Waals surface area contributed by atoms with Crippen LogP contribution in [0.1, 0.15) is 58.8 Å². The predicted octanol–water partition coefficient (Wildman–Crippen LogP) is 2.25. The van der Waals surface area contributed by atoms with Gasteiger partial charge in [0.25, 0.3) is 0 Å². The quantitative estimate of drug-likeness (QED) is 0.832. The van der Waals surface area contributed by atoms with Gasteiger partial charge in [0.1, 0.15) is 0 Å². The van der Waals surface area contributed by atoms with Crippen molar-refractivity contribution < 1.29 is 14.6 Å². The van der Waals surface area contributed by atoms with Gasteiger partial charge in [0, 0.05) is 12.5 Å². The van der Waals surface area contributed by atoms with E-state index in [1.807, 2.05) is 0 Å². The molecule has 0 radical (unpaired) electrons. The van der Waals surface area contributed by atoms with Gasteiger partial charge in [0.2, 0.25) is 5.91 Å². The zero-order valence-corrected chi connectivity index (χ0v) is 12.8. The molecule has 2 atom stereocenters. The van der Waals surface area contributed by atoms with Crippen molar-refractivity contribution in [2.24, 2.45) is 11.8 Å². The number of aliphatic hydroxyl groups is 1. The van der Waals surface area contributed by atoms with Gasteiger partial charge in [-0.1, -0.05) is 13.8 Å². The highest BCUT2D eigenvalue weighted by molar-refractivity contribution is 5.79. The highest BCUT2D eigenvalue weighted by Gasteiger charge is 2.31. The Morgan fingerprint density at radius 3 is 2.60 bits per heavy atom. The van der Waals surface area contributed by atoms with Gasteiger partial charge >= 0.3 is 0 Å². The lowest BCUT2D eigenvalue weighted by Gasteiger charge is -2.35. The summed E-state index contributed by atoms with van der Waals surface area (Å²) in [5.41, 5.74) is 0. The normalized spacial score (nSPS) is 35.0. The molecule has 1 heterocycles. The van der Waals surface area contributed by atoms with Crippen LogP contribution in [0.4, 0.5) is 0 Å². The van der Waals surface area contributed by atoms with Crippen molar-refractivity contribution in [3.63, 3.8) is 0 Å². The Bertz CT molecular complexity index is 311. The fourth-order valence-electron chi connectivity index (χ4n) is 3.34. The molecule has 2 rings (SSSR count). The SMILES string of the molecule is CC(C)CC1OCCCC1NC(=O)C1CCC(O)CC1. The summed E-state index contributed by atoms with van der Waals surface area (Å²) in [6.45, 7) is 5.21. The lowest BCUT2D eigenvalue weighted by Crippen LogP contribution is -2.49. The molecule has 1 saturated heterocycles. The molecular weight excluding hydrogens is 254 g/mol. The van der Waals surface area contributed by atoms with Gasteiger partial charge in [0.05, 0.1) is 18.2 Å². The first-order valence-corrected chi connectivity index (χ1v) is 8.16. The molecule has 2 N–H and O–H groups in total. The Hall–Kier alpha value is -0.610. The molecule has 0 aromatic carbocycles. The third-order valence-electron chi connectivity index (χ3n) is 4.54. The van der Waals surface area contributed by atoms with Crippen LogP contribution in [0.3, 0.4) is 0 Å². The Labute approximate surface area is 122 Å². The van der Waals surface area contributed by atoms with Crippen LogP contribution < -0.4 is 5.32 Å². The van der Waals surface area contributed by atoms with Crippen molar-refractivity contribution in [2.45, 2.75) is 77.0 Å². The fourth-order valence-corrected chi connectivity index (χ4v) is 3.34. The summed E-state index contributed by atoms with van der Waals surface area (Å²) < 4.78 is 5.85. The van der Waals surface area contributed by atoms with E-state index in [9.17, 15) is 9.90 Å².